The first-order valence-corrected chi connectivity index (χ1v) is 6.24. The zero-order valence-electron chi connectivity index (χ0n) is 12.4. The number of aldehydes is 1. The zero-order valence-corrected chi connectivity index (χ0v) is 12.4. The molecule has 0 aliphatic heterocycles. The van der Waals surface area contributed by atoms with Crippen molar-refractivity contribution < 1.29 is 50.1 Å². The maximum absolute atomic E-state index is 9.90. The van der Waals surface area contributed by atoms with Gasteiger partial charge in [-0.2, -0.15) is 0 Å². The maximum atomic E-state index is 9.90. The van der Waals surface area contributed by atoms with E-state index in [9.17, 15) is 9.59 Å². The van der Waals surface area contributed by atoms with Crippen molar-refractivity contribution >= 4 is 18.2 Å². The highest BCUT2D eigenvalue weighted by Crippen LogP contribution is 2.02. The van der Waals surface area contributed by atoms with Crippen LogP contribution < -0.4 is 0 Å². The summed E-state index contributed by atoms with van der Waals surface area (Å²) in [6.45, 7) is 2.16. The molecule has 0 saturated carbocycles. The third kappa shape index (κ3) is 18.4. The monoisotopic (exact) mass is 328 g/mol. The number of hydrogen-bond donors (Lipinski definition) is 7. The van der Waals surface area contributed by atoms with Crippen LogP contribution in [0.1, 0.15) is 26.7 Å². The summed E-state index contributed by atoms with van der Waals surface area (Å²) in [4.78, 5) is 28.5. The van der Waals surface area contributed by atoms with E-state index in [1.807, 2.05) is 6.92 Å². The summed E-state index contributed by atoms with van der Waals surface area (Å²) in [7, 11) is 0. The Morgan fingerprint density at radius 3 is 1.64 bits per heavy atom. The van der Waals surface area contributed by atoms with Crippen molar-refractivity contribution in [1.82, 2.24) is 0 Å². The van der Waals surface area contributed by atoms with Gasteiger partial charge in [0.1, 0.15) is 24.4 Å². The average Bonchev–Trinajstić information content (AvgIpc) is 2.43. The molecule has 22 heavy (non-hydrogen) atoms. The van der Waals surface area contributed by atoms with Gasteiger partial charge in [0.05, 0.1) is 6.61 Å². The van der Waals surface area contributed by atoms with Crippen LogP contribution in [0.3, 0.4) is 0 Å². The Labute approximate surface area is 127 Å². The van der Waals surface area contributed by atoms with Gasteiger partial charge in [0.2, 0.25) is 0 Å². The van der Waals surface area contributed by atoms with Crippen LogP contribution in [0.4, 0.5) is 0 Å². The van der Waals surface area contributed by atoms with Crippen LogP contribution in [-0.4, -0.2) is 85.0 Å². The zero-order chi connectivity index (χ0) is 18.3. The lowest BCUT2D eigenvalue weighted by Gasteiger charge is -2.22. The highest BCUT2D eigenvalue weighted by atomic mass is 16.4. The lowest BCUT2D eigenvalue weighted by Crippen LogP contribution is -2.46. The lowest BCUT2D eigenvalue weighted by molar-refractivity contribution is -0.137. The summed E-state index contributed by atoms with van der Waals surface area (Å²) >= 11 is 0. The van der Waals surface area contributed by atoms with Crippen LogP contribution in [0, 0.1) is 0 Å². The molecule has 0 spiro atoms. The van der Waals surface area contributed by atoms with Crippen molar-refractivity contribution in [2.45, 2.75) is 51.1 Å². The molecule has 4 unspecified atom stereocenters. The Morgan fingerprint density at radius 1 is 1.05 bits per heavy atom. The van der Waals surface area contributed by atoms with Gasteiger partial charge in [-0.15, -0.1) is 0 Å². The summed E-state index contributed by atoms with van der Waals surface area (Å²) in [5, 5.41) is 58.9. The number of carboxylic acids is 2. The number of aliphatic carboxylic acids is 2. The van der Waals surface area contributed by atoms with Gasteiger partial charge in [0, 0.05) is 13.3 Å². The number of carboxylic acid groups (broad SMARTS) is 2. The molecule has 0 aliphatic rings. The number of aliphatic hydroxyl groups is 5. The Bertz CT molecular complexity index is 302. The molecule has 132 valence electrons. The summed E-state index contributed by atoms with van der Waals surface area (Å²) in [5.74, 6) is -1.54. The fourth-order valence-corrected chi connectivity index (χ4v) is 0.832. The molecule has 0 aromatic carbocycles. The molecule has 0 heterocycles. The molecule has 0 rings (SSSR count). The van der Waals surface area contributed by atoms with E-state index < -0.39 is 43.0 Å². The van der Waals surface area contributed by atoms with Crippen LogP contribution in [0.5, 0.6) is 0 Å². The van der Waals surface area contributed by atoms with Gasteiger partial charge >= 0.3 is 5.97 Å². The fourth-order valence-electron chi connectivity index (χ4n) is 0.832. The molecular weight excluding hydrogens is 304 g/mol. The van der Waals surface area contributed by atoms with Crippen LogP contribution in [-0.2, 0) is 14.4 Å². The Morgan fingerprint density at radius 2 is 1.45 bits per heavy atom. The van der Waals surface area contributed by atoms with Crippen molar-refractivity contribution in [3.8, 4) is 0 Å². The maximum Gasteiger partial charge on any atom is 0.303 e. The number of carbonyl (C=O) groups is 3. The van der Waals surface area contributed by atoms with Crippen LogP contribution >= 0.6 is 0 Å². The Kier molecular flexibility index (Phi) is 18.2. The predicted molar refractivity (Wildman–Crippen MR) is 73.0 cm³/mol. The van der Waals surface area contributed by atoms with Gasteiger partial charge < -0.3 is 40.5 Å². The quantitative estimate of drug-likeness (QED) is 0.247. The third-order valence-corrected chi connectivity index (χ3v) is 1.88. The second kappa shape index (κ2) is 15.8. The molecule has 7 N–H and O–H groups in total. The van der Waals surface area contributed by atoms with Crippen LogP contribution in [0.15, 0.2) is 0 Å². The second-order valence-electron chi connectivity index (χ2n) is 4.02. The van der Waals surface area contributed by atoms with Crippen molar-refractivity contribution in [1.29, 1.82) is 0 Å². The minimum absolute atomic E-state index is 0.0258. The van der Waals surface area contributed by atoms with Crippen molar-refractivity contribution in [3.05, 3.63) is 0 Å². The minimum atomic E-state index is -1.79. The van der Waals surface area contributed by atoms with E-state index in [0.717, 1.165) is 13.3 Å². The molecule has 0 aliphatic carbocycles. The molecule has 0 bridgehead atoms. The standard InChI is InChI=1S/C6H12O6.C4H8O2.C2H4O2/c7-1-3(9)5(11)6(12)4(10)2-8;1-2-3-4(5)6;1-2(3)4/h1,3-6,8-12H,2H2;2-3H2,1H3,(H,5,6);1H3,(H,3,4). The lowest BCUT2D eigenvalue weighted by atomic mass is 10.0. The smallest absolute Gasteiger partial charge is 0.303 e. The number of rotatable bonds is 7. The van der Waals surface area contributed by atoms with E-state index in [2.05, 4.69) is 0 Å². The molecule has 0 radical (unpaired) electrons. The first-order valence-electron chi connectivity index (χ1n) is 6.24. The summed E-state index contributed by atoms with van der Waals surface area (Å²) in [5.41, 5.74) is 0. The number of aliphatic hydroxyl groups excluding tert-OH is 5. The van der Waals surface area contributed by atoms with Gasteiger partial charge in [0.25, 0.3) is 5.97 Å². The summed E-state index contributed by atoms with van der Waals surface area (Å²) in [6, 6.07) is 0. The second-order valence-corrected chi connectivity index (χ2v) is 4.02. The molecule has 0 aromatic heterocycles. The molecular formula is C12H24O10. The van der Waals surface area contributed by atoms with Gasteiger partial charge in [-0.05, 0) is 6.42 Å². The molecule has 10 nitrogen and oxygen atoms in total. The highest BCUT2D eigenvalue weighted by molar-refractivity contribution is 5.66. The van der Waals surface area contributed by atoms with Gasteiger partial charge in [-0.25, -0.2) is 0 Å². The summed E-state index contributed by atoms with van der Waals surface area (Å²) < 4.78 is 0. The topological polar surface area (TPSA) is 193 Å². The van der Waals surface area contributed by atoms with Gasteiger partial charge in [-0.1, -0.05) is 6.92 Å². The average molecular weight is 328 g/mol. The number of carbonyl (C=O) groups excluding carboxylic acids is 1. The molecule has 0 aromatic rings. The molecule has 0 amide bonds. The third-order valence-electron chi connectivity index (χ3n) is 1.88. The normalized spacial score (nSPS) is 14.9. The summed E-state index contributed by atoms with van der Waals surface area (Å²) in [6.07, 6.45) is -5.82. The van der Waals surface area contributed by atoms with E-state index in [1.54, 1.807) is 0 Å². The van der Waals surface area contributed by atoms with E-state index >= 15 is 0 Å². The van der Waals surface area contributed by atoms with Crippen molar-refractivity contribution in [2.24, 2.45) is 0 Å². The Hall–Kier alpha value is -1.59. The molecule has 4 atom stereocenters. The Balaban J connectivity index is -0.000000300. The minimum Gasteiger partial charge on any atom is -0.481 e. The van der Waals surface area contributed by atoms with E-state index in [1.165, 1.54) is 0 Å². The molecule has 0 saturated heterocycles. The van der Waals surface area contributed by atoms with E-state index in [-0.39, 0.29) is 6.29 Å². The molecule has 0 fully saturated rings. The first-order chi connectivity index (χ1) is 10.0. The van der Waals surface area contributed by atoms with Gasteiger partial charge in [-0.3, -0.25) is 9.59 Å². The first kappa shape index (κ1) is 25.4. The predicted octanol–water partition coefficient (Wildman–Crippen LogP) is -2.42. The van der Waals surface area contributed by atoms with Crippen LogP contribution in [0.2, 0.25) is 0 Å². The fraction of sp³-hybridized carbons (Fsp3) is 0.750. The molecule has 10 heteroatoms. The highest BCUT2D eigenvalue weighted by Gasteiger charge is 2.29. The van der Waals surface area contributed by atoms with Crippen molar-refractivity contribution in [2.75, 3.05) is 6.61 Å². The van der Waals surface area contributed by atoms with Crippen LogP contribution in [0.25, 0.3) is 0 Å². The van der Waals surface area contributed by atoms with E-state index in [0.29, 0.717) is 6.42 Å². The van der Waals surface area contributed by atoms with Gasteiger partial charge in [0.15, 0.2) is 6.29 Å². The largest absolute Gasteiger partial charge is 0.481 e. The SMILES string of the molecule is CC(=O)O.CCCC(=O)O.O=CC(O)C(O)C(O)C(O)CO. The number of hydrogen-bond acceptors (Lipinski definition) is 8. The van der Waals surface area contributed by atoms with Crippen molar-refractivity contribution in [3.63, 3.8) is 0 Å². The van der Waals surface area contributed by atoms with E-state index in [4.69, 9.17) is 40.5 Å².